The third-order valence-electron chi connectivity index (χ3n) is 4.75. The molecule has 1 fully saturated rings. The lowest BCUT2D eigenvalue weighted by Crippen LogP contribution is -2.56. The Labute approximate surface area is 150 Å². The first-order chi connectivity index (χ1) is 11.8. The zero-order chi connectivity index (χ0) is 18.4. The maximum Gasteiger partial charge on any atom is 0.315 e. The van der Waals surface area contributed by atoms with Crippen LogP contribution in [0.15, 0.2) is 18.2 Å². The molecule has 2 rings (SSSR count). The van der Waals surface area contributed by atoms with Gasteiger partial charge >= 0.3 is 6.03 Å². The predicted octanol–water partition coefficient (Wildman–Crippen LogP) is 2.47. The van der Waals surface area contributed by atoms with Crippen LogP contribution in [0.2, 0.25) is 0 Å². The monoisotopic (exact) mass is 349 g/mol. The highest BCUT2D eigenvalue weighted by atomic mass is 16.5. The Morgan fingerprint density at radius 1 is 1.36 bits per heavy atom. The first-order valence-electron chi connectivity index (χ1n) is 8.85. The molecule has 6 heteroatoms. The summed E-state index contributed by atoms with van der Waals surface area (Å²) >= 11 is 0. The van der Waals surface area contributed by atoms with Gasteiger partial charge in [-0.15, -0.1) is 0 Å². The zero-order valence-corrected chi connectivity index (χ0v) is 16.0. The van der Waals surface area contributed by atoms with Crippen LogP contribution < -0.4 is 15.4 Å². The lowest BCUT2D eigenvalue weighted by Gasteiger charge is -2.40. The molecular formula is C19H31N3O3. The molecule has 0 aromatic heterocycles. The second-order valence-electron chi connectivity index (χ2n) is 7.21. The number of rotatable bonds is 6. The second-order valence-corrected chi connectivity index (χ2v) is 7.21. The largest absolute Gasteiger partial charge is 0.496 e. The first-order valence-corrected chi connectivity index (χ1v) is 8.85. The number of ether oxygens (including phenoxy) is 2. The van der Waals surface area contributed by atoms with E-state index in [1.165, 1.54) is 0 Å². The number of benzene rings is 1. The highest BCUT2D eigenvalue weighted by Crippen LogP contribution is 2.26. The molecule has 2 N–H and O–H groups in total. The lowest BCUT2D eigenvalue weighted by atomic mass is 10.0. The Kier molecular flexibility index (Phi) is 6.67. The molecule has 1 aromatic carbocycles. The molecule has 1 saturated heterocycles. The van der Waals surface area contributed by atoms with Gasteiger partial charge in [0.1, 0.15) is 5.75 Å². The molecule has 140 valence electrons. The van der Waals surface area contributed by atoms with E-state index in [1.54, 1.807) is 7.11 Å². The number of hydrogen-bond acceptors (Lipinski definition) is 4. The Morgan fingerprint density at radius 2 is 2.04 bits per heavy atom. The van der Waals surface area contributed by atoms with Crippen molar-refractivity contribution in [1.82, 2.24) is 15.5 Å². The summed E-state index contributed by atoms with van der Waals surface area (Å²) < 4.78 is 10.8. The number of amides is 2. The summed E-state index contributed by atoms with van der Waals surface area (Å²) in [6.07, 6.45) is 0. The van der Waals surface area contributed by atoms with E-state index < -0.39 is 0 Å². The highest BCUT2D eigenvalue weighted by molar-refractivity contribution is 5.74. The number of urea groups is 1. The Morgan fingerprint density at radius 3 is 2.68 bits per heavy atom. The number of carbonyl (C=O) groups excluding carboxylic acids is 1. The number of aryl methyl sites for hydroxylation is 1. The maximum atomic E-state index is 12.3. The van der Waals surface area contributed by atoms with Crippen molar-refractivity contribution >= 4 is 6.03 Å². The number of hydrogen-bond donors (Lipinski definition) is 2. The van der Waals surface area contributed by atoms with Gasteiger partial charge in [0.2, 0.25) is 0 Å². The van der Waals surface area contributed by atoms with Crippen molar-refractivity contribution in [3.63, 3.8) is 0 Å². The van der Waals surface area contributed by atoms with Crippen LogP contribution in [-0.4, -0.2) is 56.4 Å². The van der Waals surface area contributed by atoms with Gasteiger partial charge in [0, 0.05) is 30.7 Å². The van der Waals surface area contributed by atoms with E-state index in [1.807, 2.05) is 32.0 Å². The van der Waals surface area contributed by atoms with E-state index in [0.717, 1.165) is 43.2 Å². The molecule has 1 aliphatic heterocycles. The molecule has 0 bridgehead atoms. The summed E-state index contributed by atoms with van der Waals surface area (Å²) in [5.41, 5.74) is 2.01. The van der Waals surface area contributed by atoms with Gasteiger partial charge in [-0.2, -0.15) is 0 Å². The smallest absolute Gasteiger partial charge is 0.315 e. The number of carbonyl (C=O) groups is 1. The van der Waals surface area contributed by atoms with Gasteiger partial charge in [-0.05, 0) is 33.8 Å². The third-order valence-corrected chi connectivity index (χ3v) is 4.75. The predicted molar refractivity (Wildman–Crippen MR) is 99.2 cm³/mol. The number of nitrogens with zero attached hydrogens (tertiary/aromatic N) is 1. The average molecular weight is 349 g/mol. The van der Waals surface area contributed by atoms with E-state index >= 15 is 0 Å². The average Bonchev–Trinajstić information content (AvgIpc) is 2.60. The van der Waals surface area contributed by atoms with Gasteiger partial charge in [0.15, 0.2) is 0 Å². The summed E-state index contributed by atoms with van der Waals surface area (Å²) in [6.45, 7) is 12.2. The van der Waals surface area contributed by atoms with Crippen LogP contribution in [0.1, 0.15) is 37.9 Å². The minimum atomic E-state index is -0.169. The van der Waals surface area contributed by atoms with E-state index in [0.29, 0.717) is 6.54 Å². The van der Waals surface area contributed by atoms with Gasteiger partial charge < -0.3 is 20.1 Å². The highest BCUT2D eigenvalue weighted by Gasteiger charge is 2.28. The maximum absolute atomic E-state index is 12.3. The molecule has 1 aromatic rings. The SMILES string of the molecule is COc1ccc(C)cc1C(C)NC(=O)NCC(C)(C)N1CCOCC1. The van der Waals surface area contributed by atoms with Crippen molar-refractivity contribution in [3.05, 3.63) is 29.3 Å². The van der Waals surface area contributed by atoms with Crippen LogP contribution in [0.4, 0.5) is 4.79 Å². The summed E-state index contributed by atoms with van der Waals surface area (Å²) in [6, 6.07) is 5.67. The summed E-state index contributed by atoms with van der Waals surface area (Å²) in [5, 5.41) is 6.00. The van der Waals surface area contributed by atoms with Crippen LogP contribution in [-0.2, 0) is 4.74 Å². The fourth-order valence-corrected chi connectivity index (χ4v) is 3.09. The molecule has 0 aliphatic carbocycles. The van der Waals surface area contributed by atoms with Crippen molar-refractivity contribution in [1.29, 1.82) is 0 Å². The van der Waals surface area contributed by atoms with Crippen molar-refractivity contribution in [2.45, 2.75) is 39.3 Å². The van der Waals surface area contributed by atoms with Gasteiger partial charge in [-0.1, -0.05) is 17.7 Å². The Bertz CT molecular complexity index is 583. The zero-order valence-electron chi connectivity index (χ0n) is 16.0. The third kappa shape index (κ3) is 5.34. The lowest BCUT2D eigenvalue weighted by molar-refractivity contribution is -0.00876. The van der Waals surface area contributed by atoms with Crippen LogP contribution >= 0.6 is 0 Å². The first kappa shape index (κ1) is 19.5. The fourth-order valence-electron chi connectivity index (χ4n) is 3.09. The van der Waals surface area contributed by atoms with Crippen LogP contribution in [0.25, 0.3) is 0 Å². The van der Waals surface area contributed by atoms with Gasteiger partial charge in [-0.25, -0.2) is 4.79 Å². The Hall–Kier alpha value is -1.79. The molecule has 6 nitrogen and oxygen atoms in total. The molecule has 1 aliphatic rings. The topological polar surface area (TPSA) is 62.8 Å². The molecule has 1 heterocycles. The van der Waals surface area contributed by atoms with E-state index in [4.69, 9.17) is 9.47 Å². The molecule has 2 amide bonds. The molecule has 0 spiro atoms. The molecule has 0 radical (unpaired) electrons. The standard InChI is InChI=1S/C19H31N3O3/c1-14-6-7-17(24-5)16(12-14)15(2)21-18(23)20-13-19(3,4)22-8-10-25-11-9-22/h6-7,12,15H,8-11,13H2,1-5H3,(H2,20,21,23). The van der Waals surface area contributed by atoms with E-state index in [2.05, 4.69) is 29.4 Å². The van der Waals surface area contributed by atoms with Gasteiger partial charge in [0.05, 0.1) is 26.4 Å². The van der Waals surface area contributed by atoms with E-state index in [9.17, 15) is 4.79 Å². The van der Waals surface area contributed by atoms with Crippen LogP contribution in [0, 0.1) is 6.92 Å². The number of methoxy groups -OCH3 is 1. The van der Waals surface area contributed by atoms with Crippen LogP contribution in [0.5, 0.6) is 5.75 Å². The molecule has 0 saturated carbocycles. The fraction of sp³-hybridized carbons (Fsp3) is 0.632. The molecule has 1 atom stereocenters. The quantitative estimate of drug-likeness (QED) is 0.828. The van der Waals surface area contributed by atoms with Gasteiger partial charge in [0.25, 0.3) is 0 Å². The van der Waals surface area contributed by atoms with Gasteiger partial charge in [-0.3, -0.25) is 4.90 Å². The number of morpholine rings is 1. The van der Waals surface area contributed by atoms with Crippen molar-refractivity contribution in [3.8, 4) is 5.75 Å². The minimum absolute atomic E-state index is 0.106. The van der Waals surface area contributed by atoms with Crippen molar-refractivity contribution in [2.24, 2.45) is 0 Å². The second kappa shape index (κ2) is 8.54. The summed E-state index contributed by atoms with van der Waals surface area (Å²) in [7, 11) is 1.64. The summed E-state index contributed by atoms with van der Waals surface area (Å²) in [5.74, 6) is 0.784. The van der Waals surface area contributed by atoms with Crippen LogP contribution in [0.3, 0.4) is 0 Å². The normalized spacial score (nSPS) is 17.0. The van der Waals surface area contributed by atoms with Crippen molar-refractivity contribution < 1.29 is 14.3 Å². The molecule has 25 heavy (non-hydrogen) atoms. The summed E-state index contributed by atoms with van der Waals surface area (Å²) in [4.78, 5) is 14.7. The van der Waals surface area contributed by atoms with Crippen molar-refractivity contribution in [2.75, 3.05) is 40.0 Å². The minimum Gasteiger partial charge on any atom is -0.496 e. The molecule has 1 unspecified atom stereocenters. The molecular weight excluding hydrogens is 318 g/mol. The number of nitrogens with one attached hydrogen (secondary N) is 2. The Balaban J connectivity index is 1.90. The van der Waals surface area contributed by atoms with E-state index in [-0.39, 0.29) is 17.6 Å².